The van der Waals surface area contributed by atoms with Gasteiger partial charge in [0.2, 0.25) is 5.69 Å². The summed E-state index contributed by atoms with van der Waals surface area (Å²) in [5.74, 6) is 0.547. The molecule has 0 aliphatic rings. The van der Waals surface area contributed by atoms with Crippen LogP contribution in [0.25, 0.3) is 47.4 Å². The number of thiophene rings is 1. The van der Waals surface area contributed by atoms with E-state index < -0.39 is 0 Å². The number of aliphatic hydroxyl groups excluding tert-OH is 1. The van der Waals surface area contributed by atoms with Crippen molar-refractivity contribution in [3.8, 4) is 22.4 Å². The summed E-state index contributed by atoms with van der Waals surface area (Å²) in [5, 5.41) is 12.0. The van der Waals surface area contributed by atoms with Gasteiger partial charge in [-0.2, -0.15) is 29.4 Å². The second kappa shape index (κ2) is 16.8. The molecule has 0 saturated heterocycles. The van der Waals surface area contributed by atoms with E-state index in [2.05, 4.69) is 75.1 Å². The number of pyridine rings is 1. The van der Waals surface area contributed by atoms with Crippen molar-refractivity contribution in [2.45, 2.75) is 67.2 Å². The van der Waals surface area contributed by atoms with Crippen molar-refractivity contribution in [1.82, 2.24) is 0 Å². The van der Waals surface area contributed by atoms with E-state index in [9.17, 15) is 9.90 Å². The predicted octanol–water partition coefficient (Wildman–Crippen LogP) is 11.5. The molecule has 1 N–H and O–H groups in total. The van der Waals surface area contributed by atoms with E-state index in [-0.39, 0.29) is 43.5 Å². The van der Waals surface area contributed by atoms with Crippen molar-refractivity contribution in [3.05, 3.63) is 121 Å². The van der Waals surface area contributed by atoms with Crippen LogP contribution in [0.4, 0.5) is 5.69 Å². The zero-order chi connectivity index (χ0) is 33.5. The summed E-state index contributed by atoms with van der Waals surface area (Å²) in [6.07, 6.45) is 6.91. The van der Waals surface area contributed by atoms with Gasteiger partial charge >= 0.3 is 0 Å². The molecular formula is C41H45IrN2O2S-. The minimum Gasteiger partial charge on any atom is -0.512 e. The zero-order valence-electron chi connectivity index (χ0n) is 28.3. The fourth-order valence-corrected chi connectivity index (χ4v) is 7.46. The number of fused-ring (bicyclic) bond motifs is 3. The van der Waals surface area contributed by atoms with Gasteiger partial charge in [-0.3, -0.25) is 4.79 Å². The number of carbonyl (C=O) groups excluding carboxylic acids is 1. The molecule has 0 unspecified atom stereocenters. The molecule has 47 heavy (non-hydrogen) atoms. The summed E-state index contributed by atoms with van der Waals surface area (Å²) in [6, 6.07) is 20.8. The number of aromatic nitrogens is 1. The average Bonchev–Trinajstić information content (AvgIpc) is 3.43. The van der Waals surface area contributed by atoms with Crippen LogP contribution in [0.1, 0.15) is 70.1 Å². The third-order valence-corrected chi connectivity index (χ3v) is 10.2. The molecule has 0 fully saturated rings. The van der Waals surface area contributed by atoms with Gasteiger partial charge in [0.05, 0.1) is 24.2 Å². The number of nitrogens with zero attached hydrogens (tertiary/aromatic N) is 2. The monoisotopic (exact) mass is 822 g/mol. The first-order valence-electron chi connectivity index (χ1n) is 16.1. The Morgan fingerprint density at radius 2 is 1.53 bits per heavy atom. The van der Waals surface area contributed by atoms with Gasteiger partial charge in [-0.25, -0.2) is 4.85 Å². The minimum atomic E-state index is 0. The predicted molar refractivity (Wildman–Crippen MR) is 195 cm³/mol. The van der Waals surface area contributed by atoms with E-state index in [1.807, 2.05) is 56.7 Å². The number of rotatable bonds is 9. The van der Waals surface area contributed by atoms with Crippen LogP contribution in [-0.4, -0.2) is 10.9 Å². The van der Waals surface area contributed by atoms with Gasteiger partial charge in [0.1, 0.15) is 0 Å². The number of benzene rings is 3. The van der Waals surface area contributed by atoms with Crippen LogP contribution in [0.3, 0.4) is 0 Å². The fourth-order valence-electron chi connectivity index (χ4n) is 6.10. The van der Waals surface area contributed by atoms with Gasteiger partial charge in [0.15, 0.2) is 5.78 Å². The summed E-state index contributed by atoms with van der Waals surface area (Å²) in [6.45, 7) is 24.6. The van der Waals surface area contributed by atoms with Crippen LogP contribution < -0.4 is 4.57 Å². The largest absolute Gasteiger partial charge is 0.512 e. The molecule has 1 radical (unpaired) electrons. The van der Waals surface area contributed by atoms with Crippen LogP contribution in [0, 0.1) is 46.2 Å². The first kappa shape index (κ1) is 37.6. The molecule has 0 spiro atoms. The number of ketones is 1. The maximum Gasteiger partial charge on any atom is 0.212 e. The molecule has 5 rings (SSSR count). The van der Waals surface area contributed by atoms with E-state index in [0.29, 0.717) is 5.69 Å². The fraction of sp³-hybridized carbons (Fsp3) is 0.293. The number of carbonyl (C=O) groups is 1. The maximum absolute atomic E-state index is 11.7. The molecule has 6 heteroatoms. The zero-order valence-corrected chi connectivity index (χ0v) is 31.5. The van der Waals surface area contributed by atoms with Crippen molar-refractivity contribution in [3.63, 3.8) is 0 Å². The molecule has 0 amide bonds. The first-order chi connectivity index (χ1) is 22.1. The summed E-state index contributed by atoms with van der Waals surface area (Å²) >= 11 is 1.68. The van der Waals surface area contributed by atoms with E-state index in [0.717, 1.165) is 73.8 Å². The molecule has 0 atom stereocenters. The Hall–Kier alpha value is -3.88. The average molecular weight is 822 g/mol. The second-order valence-corrected chi connectivity index (χ2v) is 12.9. The third kappa shape index (κ3) is 7.99. The van der Waals surface area contributed by atoms with Crippen molar-refractivity contribution < 1.29 is 34.6 Å². The minimum absolute atomic E-state index is 0. The van der Waals surface area contributed by atoms with Gasteiger partial charge < -0.3 is 9.67 Å². The van der Waals surface area contributed by atoms with Crippen LogP contribution in [0.2, 0.25) is 0 Å². The van der Waals surface area contributed by atoms with Crippen molar-refractivity contribution in [2.75, 3.05) is 0 Å². The number of hydrogen-bond donors (Lipinski definition) is 1. The Balaban J connectivity index is 0.000000322. The molecule has 0 aliphatic heterocycles. The maximum atomic E-state index is 11.7. The number of aryl methyl sites for hydroxylation is 2. The molecule has 247 valence electrons. The molecular weight excluding hydrogens is 777 g/mol. The van der Waals surface area contributed by atoms with E-state index in [1.54, 1.807) is 11.3 Å². The topological polar surface area (TPSA) is 45.5 Å². The molecule has 3 aromatic carbocycles. The summed E-state index contributed by atoms with van der Waals surface area (Å²) < 4.78 is 4.09. The van der Waals surface area contributed by atoms with Crippen LogP contribution >= 0.6 is 11.3 Å². The quantitative estimate of drug-likeness (QED) is 0.0697. The molecule has 0 aliphatic carbocycles. The molecule has 2 aromatic heterocycles. The van der Waals surface area contributed by atoms with Gasteiger partial charge in [0, 0.05) is 54.5 Å². The Kier molecular flexibility index (Phi) is 13.4. The molecule has 4 nitrogen and oxygen atoms in total. The molecule has 0 saturated carbocycles. The number of aliphatic hydroxyl groups is 1. The number of hydrogen-bond acceptors (Lipinski definition) is 3. The summed E-state index contributed by atoms with van der Waals surface area (Å²) in [7, 11) is 4.26. The van der Waals surface area contributed by atoms with Gasteiger partial charge in [-0.05, 0) is 60.6 Å². The van der Waals surface area contributed by atoms with Gasteiger partial charge in [0.25, 0.3) is 0 Å². The SMILES string of the molecule is CCC(CC)C(=O)/C=C(\O)C(CC)CC.[C-]#[N+]c1c(-c2ccccc2)ccc2c1sc1c(-c3cc(C)cc(C)c3[CH2-])[n+]([CH2-])ccc12.[Ir]. The third-order valence-electron chi connectivity index (χ3n) is 8.94. The summed E-state index contributed by atoms with van der Waals surface area (Å²) in [4.78, 5) is 15.7. The smallest absolute Gasteiger partial charge is 0.212 e. The van der Waals surface area contributed by atoms with Crippen molar-refractivity contribution in [1.29, 1.82) is 0 Å². The van der Waals surface area contributed by atoms with E-state index in [4.69, 9.17) is 6.57 Å². The van der Waals surface area contributed by atoms with Crippen LogP contribution in [0.15, 0.2) is 78.7 Å². The molecule has 2 heterocycles. The van der Waals surface area contributed by atoms with Crippen LogP contribution in [-0.2, 0) is 24.9 Å². The van der Waals surface area contributed by atoms with Crippen molar-refractivity contribution in [2.24, 2.45) is 11.8 Å². The van der Waals surface area contributed by atoms with E-state index in [1.165, 1.54) is 17.2 Å². The molecule has 0 bridgehead atoms. The van der Waals surface area contributed by atoms with Gasteiger partial charge in [-0.1, -0.05) is 82.6 Å². The van der Waals surface area contributed by atoms with Crippen molar-refractivity contribution >= 4 is 43.0 Å². The normalized spacial score (nSPS) is 11.3. The van der Waals surface area contributed by atoms with E-state index >= 15 is 0 Å². The van der Waals surface area contributed by atoms with Gasteiger partial charge in [-0.15, -0.1) is 17.7 Å². The first-order valence-corrected chi connectivity index (χ1v) is 17.0. The second-order valence-electron chi connectivity index (χ2n) is 11.9. The van der Waals surface area contributed by atoms with Crippen LogP contribution in [0.5, 0.6) is 0 Å². The standard InChI is InChI=1S/C28H21N2S.C13H24O2.Ir/c1-17-15-18(2)19(3)24(16-17)26-28-23(13-14-30(26)5)22-12-11-21(20-9-7-6-8-10-20)25(29-4)27(22)31-28;1-5-10(6-2)12(14)9-13(15)11(7-3)8-4;/h6-16H,3,5H2,1-2H3;9-11,14H,5-8H2,1-4H3;/q-1;;/b;12-9-;. The summed E-state index contributed by atoms with van der Waals surface area (Å²) in [5.41, 5.74) is 8.28. The number of allylic oxidation sites excluding steroid dienone is 2. The Morgan fingerprint density at radius 3 is 2.13 bits per heavy atom. The Bertz CT molecular complexity index is 1930. The Morgan fingerprint density at radius 1 is 0.915 bits per heavy atom. The molecule has 5 aromatic rings. The Labute approximate surface area is 298 Å².